The molecule has 0 aromatic heterocycles. The molecule has 2 amide bonds. The van der Waals surface area contributed by atoms with Crippen molar-refractivity contribution in [2.75, 3.05) is 31.0 Å². The number of benzene rings is 2. The maximum atomic E-state index is 12.2. The summed E-state index contributed by atoms with van der Waals surface area (Å²) in [4.78, 5) is 24.3. The van der Waals surface area contributed by atoms with Crippen molar-refractivity contribution in [3.8, 4) is 17.2 Å². The molecule has 2 aromatic rings. The van der Waals surface area contributed by atoms with Crippen LogP contribution in [0.5, 0.6) is 17.2 Å². The van der Waals surface area contributed by atoms with E-state index in [4.69, 9.17) is 14.2 Å². The van der Waals surface area contributed by atoms with Gasteiger partial charge in [0.15, 0.2) is 11.5 Å². The number of carbonyl (C=O) groups excluding carboxylic acids is 2. The number of fused-ring (bicyclic) bond motifs is 1. The number of methoxy groups -OCH3 is 1. The molecule has 1 aliphatic rings. The lowest BCUT2D eigenvalue weighted by atomic mass is 10.2. The summed E-state index contributed by atoms with van der Waals surface area (Å²) in [7, 11) is 1.52. The van der Waals surface area contributed by atoms with Gasteiger partial charge in [-0.15, -0.1) is 0 Å². The summed E-state index contributed by atoms with van der Waals surface area (Å²) in [6.07, 6.45) is -0.314. The first-order chi connectivity index (χ1) is 12.5. The van der Waals surface area contributed by atoms with Gasteiger partial charge in [-0.25, -0.2) is 0 Å². The van der Waals surface area contributed by atoms with Crippen LogP contribution in [0.25, 0.3) is 0 Å². The third kappa shape index (κ3) is 4.24. The molecule has 0 spiro atoms. The molecule has 7 heteroatoms. The second-order valence-electron chi connectivity index (χ2n) is 5.84. The molecule has 2 N–H and O–H groups in total. The van der Waals surface area contributed by atoms with E-state index in [0.29, 0.717) is 41.8 Å². The fourth-order valence-electron chi connectivity index (χ4n) is 2.59. The molecule has 0 bridgehead atoms. The minimum Gasteiger partial charge on any atom is -0.495 e. The van der Waals surface area contributed by atoms with Crippen LogP contribution in [-0.2, 0) is 9.59 Å². The Labute approximate surface area is 151 Å². The van der Waals surface area contributed by atoms with Crippen LogP contribution in [0, 0.1) is 6.92 Å². The summed E-state index contributed by atoms with van der Waals surface area (Å²) in [5.74, 6) is 0.896. The molecule has 0 fully saturated rings. The zero-order chi connectivity index (χ0) is 18.5. The van der Waals surface area contributed by atoms with Crippen LogP contribution in [0.2, 0.25) is 0 Å². The molecule has 0 atom stereocenters. The predicted molar refractivity (Wildman–Crippen MR) is 97.0 cm³/mol. The lowest BCUT2D eigenvalue weighted by Crippen LogP contribution is -2.22. The second-order valence-corrected chi connectivity index (χ2v) is 5.84. The molecule has 2 aromatic carbocycles. The van der Waals surface area contributed by atoms with Crippen LogP contribution in [0.4, 0.5) is 11.4 Å². The van der Waals surface area contributed by atoms with Crippen molar-refractivity contribution in [2.24, 2.45) is 0 Å². The van der Waals surface area contributed by atoms with Crippen LogP contribution >= 0.6 is 0 Å². The van der Waals surface area contributed by atoms with E-state index in [1.165, 1.54) is 7.11 Å². The van der Waals surface area contributed by atoms with Crippen molar-refractivity contribution in [3.63, 3.8) is 0 Å². The largest absolute Gasteiger partial charge is 0.495 e. The van der Waals surface area contributed by atoms with E-state index < -0.39 is 11.8 Å². The van der Waals surface area contributed by atoms with Crippen LogP contribution in [0.15, 0.2) is 36.4 Å². The number of rotatable bonds is 5. The van der Waals surface area contributed by atoms with Crippen molar-refractivity contribution >= 4 is 23.2 Å². The highest BCUT2D eigenvalue weighted by Crippen LogP contribution is 2.32. The van der Waals surface area contributed by atoms with E-state index in [1.54, 1.807) is 30.3 Å². The van der Waals surface area contributed by atoms with Crippen LogP contribution < -0.4 is 24.8 Å². The summed E-state index contributed by atoms with van der Waals surface area (Å²) in [6, 6.07) is 10.5. The van der Waals surface area contributed by atoms with E-state index in [1.807, 2.05) is 13.0 Å². The first-order valence-corrected chi connectivity index (χ1v) is 8.19. The Morgan fingerprint density at radius 1 is 1.00 bits per heavy atom. The summed E-state index contributed by atoms with van der Waals surface area (Å²) >= 11 is 0. The summed E-state index contributed by atoms with van der Waals surface area (Å²) in [6.45, 7) is 2.87. The molecular formula is C19H20N2O5. The van der Waals surface area contributed by atoms with Crippen LogP contribution in [0.3, 0.4) is 0 Å². The molecule has 1 heterocycles. The highest BCUT2D eigenvalue weighted by atomic mass is 16.6. The lowest BCUT2D eigenvalue weighted by Gasteiger charge is -2.19. The standard InChI is InChI=1S/C19H20N2O5/c1-12-3-5-15(24-2)14(9-12)21-19(23)11-18(22)20-13-4-6-16-17(10-13)26-8-7-25-16/h3-6,9-10H,7-8,11H2,1-2H3,(H,20,22)(H,21,23). The third-order valence-electron chi connectivity index (χ3n) is 3.78. The van der Waals surface area contributed by atoms with Crippen molar-refractivity contribution < 1.29 is 23.8 Å². The number of ether oxygens (including phenoxy) is 3. The Hall–Kier alpha value is -3.22. The molecule has 0 saturated heterocycles. The Bertz CT molecular complexity index is 835. The number of anilines is 2. The van der Waals surface area contributed by atoms with E-state index in [9.17, 15) is 9.59 Å². The summed E-state index contributed by atoms with van der Waals surface area (Å²) in [5.41, 5.74) is 2.05. The first-order valence-electron chi connectivity index (χ1n) is 8.19. The average molecular weight is 356 g/mol. The Morgan fingerprint density at radius 3 is 2.50 bits per heavy atom. The maximum absolute atomic E-state index is 12.2. The third-order valence-corrected chi connectivity index (χ3v) is 3.78. The lowest BCUT2D eigenvalue weighted by molar-refractivity contribution is -0.123. The SMILES string of the molecule is COc1ccc(C)cc1NC(=O)CC(=O)Nc1ccc2c(c1)OCCO2. The van der Waals surface area contributed by atoms with Crippen molar-refractivity contribution in [3.05, 3.63) is 42.0 Å². The Morgan fingerprint density at radius 2 is 1.73 bits per heavy atom. The monoisotopic (exact) mass is 356 g/mol. The topological polar surface area (TPSA) is 85.9 Å². The molecule has 7 nitrogen and oxygen atoms in total. The minimum atomic E-state index is -0.427. The quantitative estimate of drug-likeness (QED) is 0.805. The smallest absolute Gasteiger partial charge is 0.233 e. The van der Waals surface area contributed by atoms with Crippen molar-refractivity contribution in [2.45, 2.75) is 13.3 Å². The fourth-order valence-corrected chi connectivity index (χ4v) is 2.59. The van der Waals surface area contributed by atoms with Gasteiger partial charge in [0.2, 0.25) is 11.8 Å². The molecule has 3 rings (SSSR count). The minimum absolute atomic E-state index is 0.314. The fraction of sp³-hybridized carbons (Fsp3) is 0.263. The van der Waals surface area contributed by atoms with Crippen molar-refractivity contribution in [1.29, 1.82) is 0 Å². The Kier molecular flexibility index (Phi) is 5.26. The summed E-state index contributed by atoms with van der Waals surface area (Å²) in [5, 5.41) is 5.38. The highest BCUT2D eigenvalue weighted by molar-refractivity contribution is 6.08. The van der Waals surface area contributed by atoms with E-state index >= 15 is 0 Å². The van der Waals surface area contributed by atoms with Gasteiger partial charge in [0, 0.05) is 11.8 Å². The molecule has 0 aliphatic carbocycles. The van der Waals surface area contributed by atoms with Crippen LogP contribution in [-0.4, -0.2) is 32.1 Å². The van der Waals surface area contributed by atoms with Gasteiger partial charge in [0.1, 0.15) is 25.4 Å². The number of nitrogens with one attached hydrogen (secondary N) is 2. The van der Waals surface area contributed by atoms with Gasteiger partial charge in [-0.1, -0.05) is 6.07 Å². The normalized spacial score (nSPS) is 12.2. The predicted octanol–water partition coefficient (Wildman–Crippen LogP) is 2.74. The van der Waals surface area contributed by atoms with Gasteiger partial charge in [-0.3, -0.25) is 9.59 Å². The molecule has 0 saturated carbocycles. The van der Waals surface area contributed by atoms with E-state index in [2.05, 4.69) is 10.6 Å². The average Bonchev–Trinajstić information content (AvgIpc) is 2.61. The maximum Gasteiger partial charge on any atom is 0.233 e. The van der Waals surface area contributed by atoms with Gasteiger partial charge in [-0.05, 0) is 36.8 Å². The zero-order valence-electron chi connectivity index (χ0n) is 14.6. The molecule has 26 heavy (non-hydrogen) atoms. The number of aryl methyl sites for hydroxylation is 1. The number of carbonyl (C=O) groups is 2. The highest BCUT2D eigenvalue weighted by Gasteiger charge is 2.15. The molecule has 0 radical (unpaired) electrons. The number of hydrogen-bond donors (Lipinski definition) is 2. The van der Waals surface area contributed by atoms with Gasteiger partial charge >= 0.3 is 0 Å². The van der Waals surface area contributed by atoms with Crippen molar-refractivity contribution in [1.82, 2.24) is 0 Å². The van der Waals surface area contributed by atoms with Gasteiger partial charge in [-0.2, -0.15) is 0 Å². The second kappa shape index (κ2) is 7.77. The summed E-state index contributed by atoms with van der Waals surface area (Å²) < 4.78 is 16.1. The first kappa shape index (κ1) is 17.6. The van der Waals surface area contributed by atoms with Gasteiger partial charge in [0.25, 0.3) is 0 Å². The van der Waals surface area contributed by atoms with E-state index in [0.717, 1.165) is 5.56 Å². The molecule has 136 valence electrons. The number of amides is 2. The molecular weight excluding hydrogens is 336 g/mol. The van der Waals surface area contributed by atoms with Gasteiger partial charge in [0.05, 0.1) is 12.8 Å². The molecule has 0 unspecified atom stereocenters. The van der Waals surface area contributed by atoms with E-state index in [-0.39, 0.29) is 6.42 Å². The zero-order valence-corrected chi connectivity index (χ0v) is 14.6. The number of hydrogen-bond acceptors (Lipinski definition) is 5. The Balaban J connectivity index is 1.59. The molecule has 1 aliphatic heterocycles. The van der Waals surface area contributed by atoms with Crippen LogP contribution in [0.1, 0.15) is 12.0 Å². The van der Waals surface area contributed by atoms with Gasteiger partial charge < -0.3 is 24.8 Å².